The maximum atomic E-state index is 11.9. The van der Waals surface area contributed by atoms with E-state index in [1.54, 1.807) is 18.3 Å². The highest BCUT2D eigenvalue weighted by atomic mass is 16.3. The molecule has 2 rings (SSSR count). The molecule has 4 heteroatoms. The number of nitrogens with zero attached hydrogens (tertiary/aromatic N) is 1. The van der Waals surface area contributed by atoms with E-state index < -0.39 is 5.54 Å². The minimum atomic E-state index is -0.493. The number of rotatable bonds is 4. The molecule has 1 heterocycles. The molecule has 1 fully saturated rings. The van der Waals surface area contributed by atoms with Crippen molar-refractivity contribution in [1.82, 2.24) is 10.3 Å². The normalized spacial score (nSPS) is 18.9. The number of nitrogens with one attached hydrogen (secondary N) is 1. The van der Waals surface area contributed by atoms with Crippen molar-refractivity contribution in [3.8, 4) is 0 Å². The van der Waals surface area contributed by atoms with E-state index in [9.17, 15) is 9.90 Å². The number of pyridine rings is 1. The lowest BCUT2D eigenvalue weighted by Crippen LogP contribution is -2.50. The molecular weight excluding hydrogens is 204 g/mol. The highest BCUT2D eigenvalue weighted by molar-refractivity contribution is 5.94. The SMILES string of the molecule is CC(CO)(NC(=O)c1cccnc1)C1CC1. The number of hydrogen-bond acceptors (Lipinski definition) is 3. The number of amides is 1. The van der Waals surface area contributed by atoms with Crippen LogP contribution < -0.4 is 5.32 Å². The summed E-state index contributed by atoms with van der Waals surface area (Å²) in [4.78, 5) is 15.8. The fraction of sp³-hybridized carbons (Fsp3) is 0.500. The number of carbonyl (C=O) groups excluding carboxylic acids is 1. The maximum Gasteiger partial charge on any atom is 0.253 e. The summed E-state index contributed by atoms with van der Waals surface area (Å²) in [5.74, 6) is 0.231. The van der Waals surface area contributed by atoms with Crippen molar-refractivity contribution in [2.45, 2.75) is 25.3 Å². The molecule has 1 aliphatic carbocycles. The summed E-state index contributed by atoms with van der Waals surface area (Å²) in [5.41, 5.74) is 0.0373. The van der Waals surface area contributed by atoms with Gasteiger partial charge >= 0.3 is 0 Å². The lowest BCUT2D eigenvalue weighted by atomic mass is 9.96. The Bertz CT molecular complexity index is 376. The van der Waals surface area contributed by atoms with E-state index in [-0.39, 0.29) is 12.5 Å². The fourth-order valence-electron chi connectivity index (χ4n) is 1.82. The molecule has 0 aliphatic heterocycles. The van der Waals surface area contributed by atoms with Gasteiger partial charge in [0.2, 0.25) is 0 Å². The highest BCUT2D eigenvalue weighted by Crippen LogP contribution is 2.39. The summed E-state index contributed by atoms with van der Waals surface area (Å²) < 4.78 is 0. The Morgan fingerprint density at radius 2 is 2.44 bits per heavy atom. The van der Waals surface area contributed by atoms with Crippen LogP contribution in [0, 0.1) is 5.92 Å². The van der Waals surface area contributed by atoms with Crippen LogP contribution in [-0.2, 0) is 0 Å². The summed E-state index contributed by atoms with van der Waals surface area (Å²) in [6.07, 6.45) is 5.30. The summed E-state index contributed by atoms with van der Waals surface area (Å²) in [5, 5.41) is 12.3. The molecule has 86 valence electrons. The molecule has 16 heavy (non-hydrogen) atoms. The van der Waals surface area contributed by atoms with Crippen LogP contribution in [0.1, 0.15) is 30.1 Å². The zero-order valence-electron chi connectivity index (χ0n) is 9.31. The van der Waals surface area contributed by atoms with Gasteiger partial charge < -0.3 is 10.4 Å². The van der Waals surface area contributed by atoms with Crippen molar-refractivity contribution in [1.29, 1.82) is 0 Å². The first-order valence-electron chi connectivity index (χ1n) is 5.49. The van der Waals surface area contributed by atoms with E-state index in [1.807, 2.05) is 6.92 Å². The summed E-state index contributed by atoms with van der Waals surface area (Å²) in [6, 6.07) is 3.44. The zero-order valence-corrected chi connectivity index (χ0v) is 9.31. The van der Waals surface area contributed by atoms with Crippen LogP contribution in [0.5, 0.6) is 0 Å². The molecule has 0 bridgehead atoms. The van der Waals surface area contributed by atoms with Crippen LogP contribution in [0.2, 0.25) is 0 Å². The maximum absolute atomic E-state index is 11.9. The monoisotopic (exact) mass is 220 g/mol. The van der Waals surface area contributed by atoms with Crippen molar-refractivity contribution in [2.24, 2.45) is 5.92 Å². The Labute approximate surface area is 94.7 Å². The molecule has 0 aromatic carbocycles. The summed E-state index contributed by atoms with van der Waals surface area (Å²) in [7, 11) is 0. The van der Waals surface area contributed by atoms with Gasteiger partial charge in [-0.25, -0.2) is 0 Å². The second kappa shape index (κ2) is 4.22. The van der Waals surface area contributed by atoms with Crippen molar-refractivity contribution in [2.75, 3.05) is 6.61 Å². The van der Waals surface area contributed by atoms with Crippen LogP contribution in [0.15, 0.2) is 24.5 Å². The van der Waals surface area contributed by atoms with Crippen LogP contribution >= 0.6 is 0 Å². The Balaban J connectivity index is 2.06. The van der Waals surface area contributed by atoms with Crippen LogP contribution in [-0.4, -0.2) is 28.1 Å². The minimum Gasteiger partial charge on any atom is -0.394 e. The molecule has 0 radical (unpaired) electrons. The second-order valence-corrected chi connectivity index (χ2v) is 4.55. The molecule has 1 unspecified atom stereocenters. The second-order valence-electron chi connectivity index (χ2n) is 4.55. The third-order valence-electron chi connectivity index (χ3n) is 3.13. The average Bonchev–Trinajstić information content (AvgIpc) is 3.14. The minimum absolute atomic E-state index is 0.0241. The Kier molecular flexibility index (Phi) is 2.92. The van der Waals surface area contributed by atoms with Gasteiger partial charge in [0.1, 0.15) is 0 Å². The molecule has 0 spiro atoms. The Morgan fingerprint density at radius 3 is 2.94 bits per heavy atom. The standard InChI is InChI=1S/C12H16N2O2/c1-12(8-15,10-4-5-10)14-11(16)9-3-2-6-13-7-9/h2-3,6-7,10,15H,4-5,8H2,1H3,(H,14,16). The van der Waals surface area contributed by atoms with Crippen LogP contribution in [0.4, 0.5) is 0 Å². The lowest BCUT2D eigenvalue weighted by Gasteiger charge is -2.28. The van der Waals surface area contributed by atoms with E-state index in [2.05, 4.69) is 10.3 Å². The van der Waals surface area contributed by atoms with E-state index in [4.69, 9.17) is 0 Å². The molecule has 1 amide bonds. The lowest BCUT2D eigenvalue weighted by molar-refractivity contribution is 0.0824. The Hall–Kier alpha value is -1.42. The molecule has 1 aromatic rings. The number of aromatic nitrogens is 1. The van der Waals surface area contributed by atoms with E-state index >= 15 is 0 Å². The van der Waals surface area contributed by atoms with E-state index in [0.717, 1.165) is 12.8 Å². The van der Waals surface area contributed by atoms with Gasteiger partial charge in [0, 0.05) is 12.4 Å². The van der Waals surface area contributed by atoms with Gasteiger partial charge in [-0.15, -0.1) is 0 Å². The largest absolute Gasteiger partial charge is 0.394 e. The first kappa shape index (κ1) is 11.1. The molecule has 1 aliphatic rings. The molecule has 1 atom stereocenters. The molecule has 2 N–H and O–H groups in total. The van der Waals surface area contributed by atoms with Crippen LogP contribution in [0.3, 0.4) is 0 Å². The van der Waals surface area contributed by atoms with Crippen molar-refractivity contribution >= 4 is 5.91 Å². The predicted octanol–water partition coefficient (Wildman–Crippen LogP) is 0.972. The molecule has 0 saturated heterocycles. The first-order valence-corrected chi connectivity index (χ1v) is 5.49. The van der Waals surface area contributed by atoms with E-state index in [1.165, 1.54) is 6.20 Å². The summed E-state index contributed by atoms with van der Waals surface area (Å²) >= 11 is 0. The smallest absolute Gasteiger partial charge is 0.253 e. The third-order valence-corrected chi connectivity index (χ3v) is 3.13. The number of carbonyl (C=O) groups is 1. The number of hydrogen-bond donors (Lipinski definition) is 2. The topological polar surface area (TPSA) is 62.2 Å². The first-order chi connectivity index (χ1) is 7.65. The molecular formula is C12H16N2O2. The highest BCUT2D eigenvalue weighted by Gasteiger charge is 2.42. The van der Waals surface area contributed by atoms with Crippen molar-refractivity contribution in [3.05, 3.63) is 30.1 Å². The quantitative estimate of drug-likeness (QED) is 0.794. The fourth-order valence-corrected chi connectivity index (χ4v) is 1.82. The number of aliphatic hydroxyl groups excluding tert-OH is 1. The summed E-state index contributed by atoms with van der Waals surface area (Å²) in [6.45, 7) is 1.86. The number of aliphatic hydroxyl groups is 1. The molecule has 1 aromatic heterocycles. The van der Waals surface area contributed by atoms with Gasteiger partial charge in [0.15, 0.2) is 0 Å². The predicted molar refractivity (Wildman–Crippen MR) is 59.9 cm³/mol. The molecule has 4 nitrogen and oxygen atoms in total. The Morgan fingerprint density at radius 1 is 1.69 bits per heavy atom. The van der Waals surface area contributed by atoms with Gasteiger partial charge in [-0.3, -0.25) is 9.78 Å². The van der Waals surface area contributed by atoms with Gasteiger partial charge in [-0.05, 0) is 37.8 Å². The zero-order chi connectivity index (χ0) is 11.6. The van der Waals surface area contributed by atoms with Crippen molar-refractivity contribution < 1.29 is 9.90 Å². The van der Waals surface area contributed by atoms with Gasteiger partial charge in [0.25, 0.3) is 5.91 Å². The van der Waals surface area contributed by atoms with Gasteiger partial charge in [-0.2, -0.15) is 0 Å². The van der Waals surface area contributed by atoms with Crippen LogP contribution in [0.25, 0.3) is 0 Å². The van der Waals surface area contributed by atoms with Gasteiger partial charge in [0.05, 0.1) is 17.7 Å². The third kappa shape index (κ3) is 2.22. The average molecular weight is 220 g/mol. The van der Waals surface area contributed by atoms with Gasteiger partial charge in [-0.1, -0.05) is 0 Å². The van der Waals surface area contributed by atoms with Crippen molar-refractivity contribution in [3.63, 3.8) is 0 Å². The molecule has 1 saturated carbocycles. The van der Waals surface area contributed by atoms with E-state index in [0.29, 0.717) is 11.5 Å².